The van der Waals surface area contributed by atoms with Gasteiger partial charge in [-0.3, -0.25) is 0 Å². The highest BCUT2D eigenvalue weighted by Gasteiger charge is 2.24. The minimum absolute atomic E-state index is 0.00733. The predicted molar refractivity (Wildman–Crippen MR) is 104 cm³/mol. The van der Waals surface area contributed by atoms with Gasteiger partial charge in [0.15, 0.2) is 0 Å². The van der Waals surface area contributed by atoms with E-state index in [4.69, 9.17) is 16.1 Å². The average Bonchev–Trinajstić information content (AvgIpc) is 3.15. The van der Waals surface area contributed by atoms with Gasteiger partial charge in [0.2, 0.25) is 0 Å². The number of aromatic hydroxyl groups is 1. The molecule has 2 aromatic carbocycles. The second-order valence-corrected chi connectivity index (χ2v) is 6.60. The number of rotatable bonds is 3. The summed E-state index contributed by atoms with van der Waals surface area (Å²) in [6.07, 6.45) is 1.40. The number of phenolic OH excluding ortho intramolecular Hbond substituents is 1. The van der Waals surface area contributed by atoms with E-state index in [1.807, 2.05) is 42.7 Å². The van der Waals surface area contributed by atoms with Gasteiger partial charge < -0.3 is 19.4 Å². The number of phenols is 1. The molecule has 0 aliphatic carbocycles. The number of aryl methyl sites for hydroxylation is 2. The highest BCUT2D eigenvalue weighted by atomic mass is 35.5. The molecule has 2 N–H and O–H groups in total. The van der Waals surface area contributed by atoms with Gasteiger partial charge in [0.25, 0.3) is 0 Å². The monoisotopic (exact) mass is 381 g/mol. The van der Waals surface area contributed by atoms with E-state index in [9.17, 15) is 10.3 Å². The third-order valence-electron chi connectivity index (χ3n) is 4.56. The van der Waals surface area contributed by atoms with Gasteiger partial charge in [0.1, 0.15) is 11.5 Å². The summed E-state index contributed by atoms with van der Waals surface area (Å²) in [6.45, 7) is 3.69. The molecule has 6 nitrogen and oxygen atoms in total. The second-order valence-electron chi connectivity index (χ2n) is 6.19. The molecule has 4 rings (SSSR count). The first kappa shape index (κ1) is 17.2. The molecular weight excluding hydrogens is 366 g/mol. The minimum atomic E-state index is 0.00733. The summed E-state index contributed by atoms with van der Waals surface area (Å²) < 4.78 is 7.37. The molecule has 0 unspecified atom stereocenters. The van der Waals surface area contributed by atoms with Crippen molar-refractivity contribution in [1.29, 1.82) is 0 Å². The van der Waals surface area contributed by atoms with E-state index in [0.29, 0.717) is 11.5 Å². The number of fused-ring (bicyclic) bond motifs is 1. The van der Waals surface area contributed by atoms with Crippen LogP contribution in [0.2, 0.25) is 5.02 Å². The first-order valence-electron chi connectivity index (χ1n) is 8.26. The normalized spacial score (nSPS) is 11.7. The molecule has 0 spiro atoms. The van der Waals surface area contributed by atoms with Crippen molar-refractivity contribution < 1.29 is 14.8 Å². The van der Waals surface area contributed by atoms with Gasteiger partial charge in [-0.2, -0.15) is 0 Å². The van der Waals surface area contributed by atoms with Crippen molar-refractivity contribution in [3.8, 4) is 22.7 Å². The zero-order valence-corrected chi connectivity index (χ0v) is 15.4. The summed E-state index contributed by atoms with van der Waals surface area (Å²) in [5.41, 5.74) is 4.67. The Bertz CT molecular complexity index is 1170. The quantitative estimate of drug-likeness (QED) is 0.295. The van der Waals surface area contributed by atoms with Crippen LogP contribution in [-0.2, 0) is 0 Å². The van der Waals surface area contributed by atoms with Crippen LogP contribution in [0.15, 0.2) is 52.1 Å². The maximum atomic E-state index is 9.81. The smallest absolute Gasteiger partial charge is 0.143 e. The molecule has 0 atom stereocenters. The molecule has 2 heterocycles. The van der Waals surface area contributed by atoms with Crippen LogP contribution in [0.1, 0.15) is 17.0 Å². The van der Waals surface area contributed by atoms with Crippen LogP contribution in [0.25, 0.3) is 27.8 Å². The van der Waals surface area contributed by atoms with Crippen molar-refractivity contribution in [3.63, 3.8) is 0 Å². The van der Waals surface area contributed by atoms with Crippen LogP contribution in [0.4, 0.5) is 0 Å². The Morgan fingerprint density at radius 3 is 2.63 bits per heavy atom. The summed E-state index contributed by atoms with van der Waals surface area (Å²) >= 11 is 6.16. The standard InChI is InChI=1S/C20H16ClN3O3/c1-11-19(12(2)27-23-11)20-15(10-22-26)14-5-3-4-6-17(14)24(20)13-7-8-18(25)16(21)9-13/h3-10,25-26H,1-2H3. The molecule has 0 radical (unpaired) electrons. The lowest BCUT2D eigenvalue weighted by atomic mass is 10.0. The molecule has 4 aromatic rings. The van der Waals surface area contributed by atoms with Crippen LogP contribution in [0.5, 0.6) is 5.75 Å². The lowest BCUT2D eigenvalue weighted by Gasteiger charge is -2.12. The molecule has 0 saturated heterocycles. The van der Waals surface area contributed by atoms with Crippen LogP contribution in [0, 0.1) is 13.8 Å². The van der Waals surface area contributed by atoms with Crippen LogP contribution < -0.4 is 0 Å². The topological polar surface area (TPSA) is 83.8 Å². The molecule has 27 heavy (non-hydrogen) atoms. The van der Waals surface area contributed by atoms with Gasteiger partial charge in [0, 0.05) is 16.6 Å². The lowest BCUT2D eigenvalue weighted by Crippen LogP contribution is -2.00. The van der Waals surface area contributed by atoms with Crippen molar-refractivity contribution in [2.75, 3.05) is 0 Å². The molecular formula is C20H16ClN3O3. The number of hydrogen-bond donors (Lipinski definition) is 2. The summed E-state index contributed by atoms with van der Waals surface area (Å²) in [4.78, 5) is 0. The zero-order valence-electron chi connectivity index (χ0n) is 14.6. The SMILES string of the molecule is Cc1noc(C)c1-c1c(C=NO)c2ccccc2n1-c1ccc(O)c(Cl)c1. The molecule has 0 bridgehead atoms. The van der Waals surface area contributed by atoms with E-state index in [2.05, 4.69) is 10.3 Å². The molecule has 7 heteroatoms. The number of halogens is 1. The number of benzene rings is 2. The van der Waals surface area contributed by atoms with E-state index in [1.165, 1.54) is 6.21 Å². The Kier molecular flexibility index (Phi) is 4.12. The number of nitrogens with zero attached hydrogens (tertiary/aromatic N) is 3. The van der Waals surface area contributed by atoms with E-state index in [0.717, 1.165) is 33.4 Å². The van der Waals surface area contributed by atoms with Crippen molar-refractivity contribution in [2.45, 2.75) is 13.8 Å². The number of hydrogen-bond acceptors (Lipinski definition) is 5. The molecule has 2 aromatic heterocycles. The van der Waals surface area contributed by atoms with E-state index in [1.54, 1.807) is 18.2 Å². The highest BCUT2D eigenvalue weighted by Crippen LogP contribution is 2.39. The van der Waals surface area contributed by atoms with Gasteiger partial charge in [-0.1, -0.05) is 40.1 Å². The van der Waals surface area contributed by atoms with Gasteiger partial charge in [0.05, 0.1) is 33.7 Å². The van der Waals surface area contributed by atoms with Crippen molar-refractivity contribution >= 4 is 28.7 Å². The second kappa shape index (κ2) is 6.48. The summed E-state index contributed by atoms with van der Waals surface area (Å²) in [6, 6.07) is 12.8. The Morgan fingerprint density at radius 2 is 1.96 bits per heavy atom. The summed E-state index contributed by atoms with van der Waals surface area (Å²) in [7, 11) is 0. The largest absolute Gasteiger partial charge is 0.506 e. The van der Waals surface area contributed by atoms with Crippen LogP contribution in [0.3, 0.4) is 0 Å². The van der Waals surface area contributed by atoms with Gasteiger partial charge in [-0.25, -0.2) is 0 Å². The molecule has 0 amide bonds. The summed E-state index contributed by atoms with van der Waals surface area (Å²) in [5, 5.41) is 27.6. The van der Waals surface area contributed by atoms with E-state index >= 15 is 0 Å². The first-order chi connectivity index (χ1) is 13.0. The molecule has 136 valence electrons. The maximum absolute atomic E-state index is 9.81. The Hall–Kier alpha value is -3.25. The van der Waals surface area contributed by atoms with Crippen molar-refractivity contribution in [1.82, 2.24) is 9.72 Å². The molecule has 0 saturated carbocycles. The maximum Gasteiger partial charge on any atom is 0.143 e. The van der Waals surface area contributed by atoms with E-state index < -0.39 is 0 Å². The fraction of sp³-hybridized carbons (Fsp3) is 0.100. The van der Waals surface area contributed by atoms with Crippen LogP contribution in [-0.4, -0.2) is 26.3 Å². The number of para-hydroxylation sites is 1. The third kappa shape index (κ3) is 2.65. The lowest BCUT2D eigenvalue weighted by molar-refractivity contribution is 0.322. The number of aromatic nitrogens is 2. The highest BCUT2D eigenvalue weighted by molar-refractivity contribution is 6.32. The average molecular weight is 382 g/mol. The zero-order chi connectivity index (χ0) is 19.1. The third-order valence-corrected chi connectivity index (χ3v) is 4.86. The van der Waals surface area contributed by atoms with Crippen molar-refractivity contribution in [3.05, 3.63) is 64.5 Å². The molecule has 0 aliphatic heterocycles. The summed E-state index contributed by atoms with van der Waals surface area (Å²) in [5.74, 6) is 0.655. The predicted octanol–water partition coefficient (Wildman–Crippen LogP) is 5.07. The van der Waals surface area contributed by atoms with Gasteiger partial charge in [-0.15, -0.1) is 0 Å². The fourth-order valence-corrected chi connectivity index (χ4v) is 3.60. The number of oxime groups is 1. The minimum Gasteiger partial charge on any atom is -0.506 e. The van der Waals surface area contributed by atoms with Gasteiger partial charge in [-0.05, 0) is 38.1 Å². The van der Waals surface area contributed by atoms with Crippen LogP contribution >= 0.6 is 11.6 Å². The van der Waals surface area contributed by atoms with Crippen molar-refractivity contribution in [2.24, 2.45) is 5.16 Å². The fourth-order valence-electron chi connectivity index (χ4n) is 3.42. The first-order valence-corrected chi connectivity index (χ1v) is 8.63. The Balaban J connectivity index is 2.20. The Labute approximate surface area is 159 Å². The Morgan fingerprint density at radius 1 is 1.19 bits per heavy atom. The van der Waals surface area contributed by atoms with E-state index in [-0.39, 0.29) is 10.8 Å². The molecule has 0 fully saturated rings. The van der Waals surface area contributed by atoms with Gasteiger partial charge >= 0.3 is 0 Å². The molecule has 0 aliphatic rings.